The number of nitrogen functional groups attached to an aromatic ring is 1. The van der Waals surface area contributed by atoms with Crippen LogP contribution in [-0.4, -0.2) is 23.7 Å². The van der Waals surface area contributed by atoms with Crippen LogP contribution in [0.1, 0.15) is 30.1 Å². The van der Waals surface area contributed by atoms with Crippen molar-refractivity contribution in [1.82, 2.24) is 5.32 Å². The Balaban J connectivity index is 2.79. The normalized spacial score (nSPS) is 12.2. The van der Waals surface area contributed by atoms with Crippen LogP contribution in [0.3, 0.4) is 0 Å². The van der Waals surface area contributed by atoms with E-state index in [4.69, 9.17) is 22.4 Å². The Kier molecular flexibility index (Phi) is 5.25. The maximum atomic E-state index is 11.9. The summed E-state index contributed by atoms with van der Waals surface area (Å²) in [7, 11) is 0. The summed E-state index contributed by atoms with van der Waals surface area (Å²) >= 11 is 5.84. The lowest BCUT2D eigenvalue weighted by Crippen LogP contribution is -2.35. The summed E-state index contributed by atoms with van der Waals surface area (Å²) in [5.41, 5.74) is 6.38. The lowest BCUT2D eigenvalue weighted by molar-refractivity contribution is 0.0930. The third-order valence-corrected chi connectivity index (χ3v) is 2.93. The minimum atomic E-state index is -0.259. The van der Waals surface area contributed by atoms with Crippen molar-refractivity contribution in [3.8, 4) is 0 Å². The molecule has 4 N–H and O–H groups in total. The van der Waals surface area contributed by atoms with E-state index in [2.05, 4.69) is 5.32 Å². The number of nitrogens with two attached hydrogens (primary N) is 1. The van der Waals surface area contributed by atoms with Crippen molar-refractivity contribution in [2.45, 2.75) is 25.8 Å². The molecule has 17 heavy (non-hydrogen) atoms. The molecule has 1 unspecified atom stereocenters. The smallest absolute Gasteiger partial charge is 0.253 e. The van der Waals surface area contributed by atoms with Gasteiger partial charge in [-0.3, -0.25) is 4.79 Å². The second-order valence-electron chi connectivity index (χ2n) is 3.79. The molecule has 0 saturated heterocycles. The van der Waals surface area contributed by atoms with Gasteiger partial charge in [-0.15, -0.1) is 0 Å². The Morgan fingerprint density at radius 2 is 2.29 bits per heavy atom. The van der Waals surface area contributed by atoms with Crippen LogP contribution in [0.15, 0.2) is 18.2 Å². The molecule has 4 nitrogen and oxygen atoms in total. The van der Waals surface area contributed by atoms with Gasteiger partial charge in [0.05, 0.1) is 16.3 Å². The standard InChI is InChI=1S/C12H17ClN2O2/c1-2-8(6-7-16)15-12(17)9-4-3-5-10(13)11(9)14/h3-5,8,16H,2,6-7,14H2,1H3,(H,15,17). The van der Waals surface area contributed by atoms with Crippen LogP contribution in [0.25, 0.3) is 0 Å². The van der Waals surface area contributed by atoms with Crippen LogP contribution in [0.4, 0.5) is 5.69 Å². The summed E-state index contributed by atoms with van der Waals surface area (Å²) in [4.78, 5) is 11.9. The molecule has 0 spiro atoms. The van der Waals surface area contributed by atoms with E-state index in [9.17, 15) is 4.79 Å². The van der Waals surface area contributed by atoms with Gasteiger partial charge in [0.25, 0.3) is 5.91 Å². The number of rotatable bonds is 5. The van der Waals surface area contributed by atoms with Gasteiger partial charge in [0.15, 0.2) is 0 Å². The molecule has 0 aliphatic rings. The molecule has 5 heteroatoms. The van der Waals surface area contributed by atoms with Gasteiger partial charge in [-0.05, 0) is 25.0 Å². The number of hydrogen-bond donors (Lipinski definition) is 3. The summed E-state index contributed by atoms with van der Waals surface area (Å²) < 4.78 is 0. The molecule has 1 aromatic rings. The second kappa shape index (κ2) is 6.47. The molecule has 0 heterocycles. The van der Waals surface area contributed by atoms with Gasteiger partial charge in [0.1, 0.15) is 0 Å². The molecule has 0 radical (unpaired) electrons. The number of aliphatic hydroxyl groups is 1. The summed E-state index contributed by atoms with van der Waals surface area (Å²) in [6.07, 6.45) is 1.29. The number of aliphatic hydroxyl groups excluding tert-OH is 1. The number of nitrogens with one attached hydrogen (secondary N) is 1. The summed E-state index contributed by atoms with van der Waals surface area (Å²) in [6.45, 7) is 1.99. The van der Waals surface area contributed by atoms with E-state index >= 15 is 0 Å². The van der Waals surface area contributed by atoms with Crippen LogP contribution in [0.2, 0.25) is 5.02 Å². The maximum Gasteiger partial charge on any atom is 0.253 e. The molecule has 1 aromatic carbocycles. The first kappa shape index (κ1) is 13.8. The van der Waals surface area contributed by atoms with Crippen molar-refractivity contribution in [2.24, 2.45) is 0 Å². The molecule has 1 amide bonds. The predicted molar refractivity (Wildman–Crippen MR) is 69.1 cm³/mol. The molecule has 1 rings (SSSR count). The van der Waals surface area contributed by atoms with Crippen molar-refractivity contribution in [1.29, 1.82) is 0 Å². The van der Waals surface area contributed by atoms with Crippen molar-refractivity contribution in [2.75, 3.05) is 12.3 Å². The van der Waals surface area contributed by atoms with Crippen molar-refractivity contribution < 1.29 is 9.90 Å². The van der Waals surface area contributed by atoms with E-state index in [-0.39, 0.29) is 24.2 Å². The van der Waals surface area contributed by atoms with E-state index in [1.165, 1.54) is 0 Å². The summed E-state index contributed by atoms with van der Waals surface area (Å²) in [6, 6.07) is 4.90. The number of anilines is 1. The minimum Gasteiger partial charge on any atom is -0.397 e. The van der Waals surface area contributed by atoms with E-state index in [1.54, 1.807) is 18.2 Å². The van der Waals surface area contributed by atoms with E-state index in [0.29, 0.717) is 17.0 Å². The van der Waals surface area contributed by atoms with Crippen LogP contribution in [0, 0.1) is 0 Å². The highest BCUT2D eigenvalue weighted by molar-refractivity contribution is 6.33. The third kappa shape index (κ3) is 3.61. The molecule has 0 fully saturated rings. The number of carbonyl (C=O) groups excluding carboxylic acids is 1. The molecule has 0 aliphatic heterocycles. The highest BCUT2D eigenvalue weighted by atomic mass is 35.5. The Hall–Kier alpha value is -1.26. The van der Waals surface area contributed by atoms with Crippen LogP contribution in [0.5, 0.6) is 0 Å². The lowest BCUT2D eigenvalue weighted by Gasteiger charge is -2.16. The Labute approximate surface area is 106 Å². The fourth-order valence-electron chi connectivity index (χ4n) is 1.53. The molecule has 0 saturated carbocycles. The van der Waals surface area contributed by atoms with Crippen LogP contribution < -0.4 is 11.1 Å². The number of hydrogen-bond acceptors (Lipinski definition) is 3. The van der Waals surface area contributed by atoms with E-state index in [0.717, 1.165) is 6.42 Å². The van der Waals surface area contributed by atoms with Gasteiger partial charge in [-0.1, -0.05) is 24.6 Å². The summed E-state index contributed by atoms with van der Waals surface area (Å²) in [5.74, 6) is -0.259. The van der Waals surface area contributed by atoms with Gasteiger partial charge < -0.3 is 16.2 Å². The van der Waals surface area contributed by atoms with Crippen molar-refractivity contribution in [3.05, 3.63) is 28.8 Å². The lowest BCUT2D eigenvalue weighted by atomic mass is 10.1. The molecular weight excluding hydrogens is 240 g/mol. The van der Waals surface area contributed by atoms with E-state index in [1.807, 2.05) is 6.92 Å². The van der Waals surface area contributed by atoms with Crippen LogP contribution >= 0.6 is 11.6 Å². The summed E-state index contributed by atoms with van der Waals surface area (Å²) in [5, 5.41) is 12.0. The first-order valence-electron chi connectivity index (χ1n) is 5.55. The second-order valence-corrected chi connectivity index (χ2v) is 4.20. The zero-order valence-electron chi connectivity index (χ0n) is 9.74. The molecule has 1 atom stereocenters. The third-order valence-electron chi connectivity index (χ3n) is 2.60. The fourth-order valence-corrected chi connectivity index (χ4v) is 1.71. The van der Waals surface area contributed by atoms with Gasteiger partial charge in [0, 0.05) is 12.6 Å². The zero-order chi connectivity index (χ0) is 12.8. The van der Waals surface area contributed by atoms with Gasteiger partial charge in [0.2, 0.25) is 0 Å². The minimum absolute atomic E-state index is 0.0455. The molecular formula is C12H17ClN2O2. The van der Waals surface area contributed by atoms with Crippen molar-refractivity contribution >= 4 is 23.2 Å². The number of benzene rings is 1. The van der Waals surface area contributed by atoms with Gasteiger partial charge in [-0.2, -0.15) is 0 Å². The highest BCUT2D eigenvalue weighted by Gasteiger charge is 2.15. The monoisotopic (exact) mass is 256 g/mol. The Morgan fingerprint density at radius 1 is 1.59 bits per heavy atom. The molecule has 0 aromatic heterocycles. The first-order valence-corrected chi connectivity index (χ1v) is 5.93. The topological polar surface area (TPSA) is 75.3 Å². The number of amides is 1. The molecule has 0 aliphatic carbocycles. The largest absolute Gasteiger partial charge is 0.397 e. The average molecular weight is 257 g/mol. The van der Waals surface area contributed by atoms with Gasteiger partial charge >= 0.3 is 0 Å². The first-order chi connectivity index (χ1) is 8.10. The zero-order valence-corrected chi connectivity index (χ0v) is 10.5. The SMILES string of the molecule is CCC(CCO)NC(=O)c1cccc(Cl)c1N. The number of halogens is 1. The molecule has 94 valence electrons. The van der Waals surface area contributed by atoms with Crippen molar-refractivity contribution in [3.63, 3.8) is 0 Å². The predicted octanol–water partition coefficient (Wildman–Crippen LogP) is 1.81. The van der Waals surface area contributed by atoms with Crippen LogP contribution in [-0.2, 0) is 0 Å². The average Bonchev–Trinajstić information content (AvgIpc) is 2.31. The van der Waals surface area contributed by atoms with Gasteiger partial charge in [-0.25, -0.2) is 0 Å². The Bertz CT molecular complexity index is 396. The number of para-hydroxylation sites is 1. The van der Waals surface area contributed by atoms with E-state index < -0.39 is 0 Å². The molecule has 0 bridgehead atoms. The maximum absolute atomic E-state index is 11.9. The quantitative estimate of drug-likeness (QED) is 0.704. The number of carbonyl (C=O) groups is 1. The fraction of sp³-hybridized carbons (Fsp3) is 0.417. The Morgan fingerprint density at radius 3 is 2.88 bits per heavy atom. The highest BCUT2D eigenvalue weighted by Crippen LogP contribution is 2.22.